The third-order valence-electron chi connectivity index (χ3n) is 2.22. The quantitative estimate of drug-likeness (QED) is 0.491. The number of rotatable bonds is 4. The molecule has 0 saturated carbocycles. The second-order valence-electron chi connectivity index (χ2n) is 3.44. The number of carbonyl (C=O) groups excluding carboxylic acids is 1. The Labute approximate surface area is 78.7 Å². The van der Waals surface area contributed by atoms with E-state index in [4.69, 9.17) is 4.74 Å². The number of carbonyl (C=O) groups is 1. The van der Waals surface area contributed by atoms with Gasteiger partial charge in [0.1, 0.15) is 0 Å². The molecular weight excluding hydrogens is 168 g/mol. The van der Waals surface area contributed by atoms with Gasteiger partial charge in [-0.15, -0.1) is 0 Å². The van der Waals surface area contributed by atoms with Crippen LogP contribution in [0.2, 0.25) is 0 Å². The molecule has 0 bridgehead atoms. The Morgan fingerprint density at radius 3 is 3.00 bits per heavy atom. The van der Waals surface area contributed by atoms with Crippen molar-refractivity contribution in [3.8, 4) is 0 Å². The summed E-state index contributed by atoms with van der Waals surface area (Å²) in [5.41, 5.74) is 0.947. The van der Waals surface area contributed by atoms with Gasteiger partial charge in [-0.1, -0.05) is 12.2 Å². The molecule has 1 aliphatic heterocycles. The Morgan fingerprint density at radius 2 is 2.46 bits per heavy atom. The molecule has 0 amide bonds. The van der Waals surface area contributed by atoms with Crippen LogP contribution in [-0.4, -0.2) is 26.3 Å². The van der Waals surface area contributed by atoms with Crippen LogP contribution in [0.4, 0.5) is 0 Å². The van der Waals surface area contributed by atoms with Crippen LogP contribution < -0.4 is 0 Å². The molecule has 0 aliphatic carbocycles. The molecule has 0 aromatic carbocycles. The molecule has 3 nitrogen and oxygen atoms in total. The lowest BCUT2D eigenvalue weighted by atomic mass is 9.98. The summed E-state index contributed by atoms with van der Waals surface area (Å²) >= 11 is 0. The van der Waals surface area contributed by atoms with Crippen molar-refractivity contribution < 1.29 is 14.3 Å². The summed E-state index contributed by atoms with van der Waals surface area (Å²) in [5, 5.41) is 0. The molecule has 1 unspecified atom stereocenters. The molecule has 1 atom stereocenters. The van der Waals surface area contributed by atoms with Crippen LogP contribution in [-0.2, 0) is 14.3 Å². The molecule has 1 aliphatic rings. The zero-order valence-corrected chi connectivity index (χ0v) is 8.04. The summed E-state index contributed by atoms with van der Waals surface area (Å²) in [6.45, 7) is 5.50. The summed E-state index contributed by atoms with van der Waals surface area (Å²) in [6.07, 6.45) is 2.31. The van der Waals surface area contributed by atoms with Crippen molar-refractivity contribution in [2.75, 3.05) is 20.3 Å². The molecule has 0 N–H and O–H groups in total. The highest BCUT2D eigenvalue weighted by Crippen LogP contribution is 2.21. The zero-order valence-electron chi connectivity index (χ0n) is 8.04. The second kappa shape index (κ2) is 5.02. The van der Waals surface area contributed by atoms with Crippen molar-refractivity contribution in [3.05, 3.63) is 12.2 Å². The minimum absolute atomic E-state index is 0.205. The Hall–Kier alpha value is -0.830. The van der Waals surface area contributed by atoms with Crippen LogP contribution in [0.25, 0.3) is 0 Å². The van der Waals surface area contributed by atoms with E-state index < -0.39 is 0 Å². The van der Waals surface area contributed by atoms with Crippen LogP contribution in [0, 0.1) is 5.92 Å². The highest BCUT2D eigenvalue weighted by atomic mass is 16.5. The SMILES string of the molecule is C=C(CC(=O)OC)CC1CCOC1. The lowest BCUT2D eigenvalue weighted by Crippen LogP contribution is -2.06. The molecule has 13 heavy (non-hydrogen) atoms. The largest absolute Gasteiger partial charge is 0.469 e. The minimum atomic E-state index is -0.205. The average Bonchev–Trinajstić information content (AvgIpc) is 2.56. The first-order chi connectivity index (χ1) is 6.22. The monoisotopic (exact) mass is 184 g/mol. The molecule has 1 heterocycles. The summed E-state index contributed by atoms with van der Waals surface area (Å²) in [7, 11) is 1.40. The zero-order chi connectivity index (χ0) is 9.68. The molecule has 3 heteroatoms. The maximum Gasteiger partial charge on any atom is 0.309 e. The van der Waals surface area contributed by atoms with Gasteiger partial charge in [-0.3, -0.25) is 4.79 Å². The molecular formula is C10H16O3. The van der Waals surface area contributed by atoms with Gasteiger partial charge in [0.05, 0.1) is 13.5 Å². The summed E-state index contributed by atoms with van der Waals surface area (Å²) in [4.78, 5) is 10.9. The first-order valence-electron chi connectivity index (χ1n) is 4.53. The van der Waals surface area contributed by atoms with Crippen LogP contribution in [0.15, 0.2) is 12.2 Å². The van der Waals surface area contributed by atoms with Crippen LogP contribution in [0.1, 0.15) is 19.3 Å². The fraction of sp³-hybridized carbons (Fsp3) is 0.700. The third kappa shape index (κ3) is 3.59. The standard InChI is InChI=1S/C10H16O3/c1-8(6-10(11)12-2)5-9-3-4-13-7-9/h9H,1,3-7H2,2H3. The minimum Gasteiger partial charge on any atom is -0.469 e. The second-order valence-corrected chi connectivity index (χ2v) is 3.44. The summed E-state index contributed by atoms with van der Waals surface area (Å²) < 4.78 is 9.79. The van der Waals surface area contributed by atoms with Crippen molar-refractivity contribution in [1.82, 2.24) is 0 Å². The van der Waals surface area contributed by atoms with Gasteiger partial charge in [-0.05, 0) is 18.8 Å². The van der Waals surface area contributed by atoms with E-state index in [2.05, 4.69) is 11.3 Å². The molecule has 74 valence electrons. The first kappa shape index (κ1) is 10.3. The molecule has 0 aromatic rings. The molecule has 0 radical (unpaired) electrons. The fourth-order valence-corrected chi connectivity index (χ4v) is 1.50. The molecule has 1 fully saturated rings. The van der Waals surface area contributed by atoms with Gasteiger partial charge >= 0.3 is 5.97 Å². The Balaban J connectivity index is 2.20. The highest BCUT2D eigenvalue weighted by Gasteiger charge is 2.17. The Bertz CT molecular complexity index is 192. The van der Waals surface area contributed by atoms with Crippen molar-refractivity contribution in [2.45, 2.75) is 19.3 Å². The van der Waals surface area contributed by atoms with Gasteiger partial charge in [0.15, 0.2) is 0 Å². The van der Waals surface area contributed by atoms with Crippen molar-refractivity contribution in [2.24, 2.45) is 5.92 Å². The maximum atomic E-state index is 10.9. The maximum absolute atomic E-state index is 10.9. The van der Waals surface area contributed by atoms with Gasteiger partial charge < -0.3 is 9.47 Å². The summed E-state index contributed by atoms with van der Waals surface area (Å²) in [6, 6.07) is 0. The van der Waals surface area contributed by atoms with E-state index in [0.717, 1.165) is 31.6 Å². The van der Waals surface area contributed by atoms with Gasteiger partial charge in [0, 0.05) is 13.2 Å². The molecule has 1 rings (SSSR count). The smallest absolute Gasteiger partial charge is 0.309 e. The van der Waals surface area contributed by atoms with Gasteiger partial charge in [-0.25, -0.2) is 0 Å². The number of ether oxygens (including phenoxy) is 2. The van der Waals surface area contributed by atoms with Crippen LogP contribution >= 0.6 is 0 Å². The van der Waals surface area contributed by atoms with E-state index in [0.29, 0.717) is 12.3 Å². The normalized spacial score (nSPS) is 21.5. The lowest BCUT2D eigenvalue weighted by Gasteiger charge is -2.08. The van der Waals surface area contributed by atoms with E-state index in [-0.39, 0.29) is 5.97 Å². The van der Waals surface area contributed by atoms with Crippen molar-refractivity contribution in [1.29, 1.82) is 0 Å². The topological polar surface area (TPSA) is 35.5 Å². The molecule has 0 aromatic heterocycles. The summed E-state index contributed by atoms with van der Waals surface area (Å²) in [5.74, 6) is 0.348. The van der Waals surface area contributed by atoms with E-state index in [9.17, 15) is 4.79 Å². The van der Waals surface area contributed by atoms with Crippen molar-refractivity contribution >= 4 is 5.97 Å². The Kier molecular flexibility index (Phi) is 3.96. The highest BCUT2D eigenvalue weighted by molar-refractivity contribution is 5.72. The fourth-order valence-electron chi connectivity index (χ4n) is 1.50. The number of hydrogen-bond acceptors (Lipinski definition) is 3. The van der Waals surface area contributed by atoms with E-state index >= 15 is 0 Å². The van der Waals surface area contributed by atoms with Crippen LogP contribution in [0.3, 0.4) is 0 Å². The van der Waals surface area contributed by atoms with Gasteiger partial charge in [-0.2, -0.15) is 0 Å². The number of methoxy groups -OCH3 is 1. The number of esters is 1. The van der Waals surface area contributed by atoms with Crippen molar-refractivity contribution in [3.63, 3.8) is 0 Å². The number of hydrogen-bond donors (Lipinski definition) is 0. The molecule has 1 saturated heterocycles. The predicted molar refractivity (Wildman–Crippen MR) is 49.3 cm³/mol. The Morgan fingerprint density at radius 1 is 1.69 bits per heavy atom. The van der Waals surface area contributed by atoms with E-state index in [1.54, 1.807) is 0 Å². The van der Waals surface area contributed by atoms with E-state index in [1.807, 2.05) is 0 Å². The third-order valence-corrected chi connectivity index (χ3v) is 2.22. The van der Waals surface area contributed by atoms with E-state index in [1.165, 1.54) is 7.11 Å². The van der Waals surface area contributed by atoms with Crippen LogP contribution in [0.5, 0.6) is 0 Å². The average molecular weight is 184 g/mol. The first-order valence-corrected chi connectivity index (χ1v) is 4.53. The lowest BCUT2D eigenvalue weighted by molar-refractivity contribution is -0.139. The van der Waals surface area contributed by atoms with Gasteiger partial charge in [0.2, 0.25) is 0 Å². The molecule has 0 spiro atoms. The van der Waals surface area contributed by atoms with Gasteiger partial charge in [0.25, 0.3) is 0 Å². The predicted octanol–water partition coefficient (Wildman–Crippen LogP) is 1.53.